The minimum absolute atomic E-state index is 0.345. The predicted octanol–water partition coefficient (Wildman–Crippen LogP) is 1.82. The Labute approximate surface area is 133 Å². The topological polar surface area (TPSA) is 78.9 Å². The molecule has 0 aromatic heterocycles. The number of nitrogens with zero attached hydrogens (tertiary/aromatic N) is 1. The second-order valence-corrected chi connectivity index (χ2v) is 6.55. The Hall–Kier alpha value is -1.51. The number of likely N-dealkylation sites (tertiary alicyclic amines) is 1. The molecule has 0 spiro atoms. The minimum Gasteiger partial charge on any atom is -0.444 e. The Morgan fingerprint density at radius 1 is 1.35 bits per heavy atom. The van der Waals surface area contributed by atoms with Crippen LogP contribution in [0.15, 0.2) is 0 Å². The van der Waals surface area contributed by atoms with Crippen molar-refractivity contribution in [1.82, 2.24) is 10.2 Å². The molecule has 2 atom stereocenters. The summed E-state index contributed by atoms with van der Waals surface area (Å²) in [5.74, 6) is -0.588. The molecule has 1 aliphatic rings. The van der Waals surface area contributed by atoms with Gasteiger partial charge in [0.25, 0.3) is 0 Å². The summed E-state index contributed by atoms with van der Waals surface area (Å²) < 4.78 is 41.5. The lowest BCUT2D eigenvalue weighted by molar-refractivity contribution is -0.153. The van der Waals surface area contributed by atoms with Gasteiger partial charge in [-0.25, -0.2) is 4.79 Å². The normalized spacial score (nSPS) is 20.3. The van der Waals surface area contributed by atoms with Crippen molar-refractivity contribution in [3.05, 3.63) is 0 Å². The van der Waals surface area contributed by atoms with Crippen LogP contribution in [-0.2, 0) is 9.53 Å². The maximum atomic E-state index is 12.1. The van der Waals surface area contributed by atoms with Crippen LogP contribution in [0.3, 0.4) is 0 Å². The first-order chi connectivity index (χ1) is 10.4. The van der Waals surface area contributed by atoms with E-state index in [2.05, 4.69) is 5.32 Å². The van der Waals surface area contributed by atoms with Crippen LogP contribution in [0, 0.1) is 0 Å². The van der Waals surface area contributed by atoms with Crippen molar-refractivity contribution in [2.24, 2.45) is 0 Å². The van der Waals surface area contributed by atoms with Crippen LogP contribution in [0.5, 0.6) is 0 Å². The zero-order valence-corrected chi connectivity index (χ0v) is 13.4. The summed E-state index contributed by atoms with van der Waals surface area (Å²) in [4.78, 5) is 25.3. The van der Waals surface area contributed by atoms with E-state index >= 15 is 0 Å². The lowest BCUT2D eigenvalue weighted by Gasteiger charge is -2.28. The number of carbonyl (C=O) groups excluding carboxylic acids is 2. The third-order valence-corrected chi connectivity index (χ3v) is 3.16. The van der Waals surface area contributed by atoms with Crippen LogP contribution in [0.1, 0.15) is 40.0 Å². The molecular formula is C14H23F3N2O4. The van der Waals surface area contributed by atoms with Crippen molar-refractivity contribution >= 4 is 12.0 Å². The molecule has 2 N–H and O–H groups in total. The number of amides is 2. The van der Waals surface area contributed by atoms with Gasteiger partial charge in [-0.3, -0.25) is 9.69 Å². The quantitative estimate of drug-likeness (QED) is 0.818. The molecule has 1 unspecified atom stereocenters. The van der Waals surface area contributed by atoms with Gasteiger partial charge in [0.15, 0.2) is 0 Å². The van der Waals surface area contributed by atoms with E-state index in [0.717, 1.165) is 0 Å². The van der Waals surface area contributed by atoms with Crippen LogP contribution < -0.4 is 5.32 Å². The van der Waals surface area contributed by atoms with Gasteiger partial charge in [0.1, 0.15) is 11.6 Å². The van der Waals surface area contributed by atoms with Crippen molar-refractivity contribution in [3.63, 3.8) is 0 Å². The molecule has 0 aromatic rings. The highest BCUT2D eigenvalue weighted by molar-refractivity contribution is 5.86. The zero-order valence-electron chi connectivity index (χ0n) is 13.4. The molecule has 0 saturated carbocycles. The average Bonchev–Trinajstić information content (AvgIpc) is 2.80. The Morgan fingerprint density at radius 2 is 1.96 bits per heavy atom. The molecule has 1 saturated heterocycles. The monoisotopic (exact) mass is 340 g/mol. The number of rotatable bonds is 4. The van der Waals surface area contributed by atoms with Crippen molar-refractivity contribution in [2.45, 2.75) is 64.0 Å². The first kappa shape index (κ1) is 19.5. The van der Waals surface area contributed by atoms with Gasteiger partial charge in [-0.15, -0.1) is 0 Å². The highest BCUT2D eigenvalue weighted by Gasteiger charge is 2.37. The second-order valence-electron chi connectivity index (χ2n) is 6.55. The molecule has 1 aliphatic heterocycles. The smallest absolute Gasteiger partial charge is 0.410 e. The van der Waals surface area contributed by atoms with Gasteiger partial charge in [0, 0.05) is 13.1 Å². The second kappa shape index (κ2) is 7.37. The Bertz CT molecular complexity index is 435. The van der Waals surface area contributed by atoms with Gasteiger partial charge in [-0.05, 0) is 33.6 Å². The SMILES string of the molecule is CC(C)(C)OC(=O)N1CCC[C@H]1C(=O)NCC(O)CC(F)(F)F. The summed E-state index contributed by atoms with van der Waals surface area (Å²) in [6.45, 7) is 4.92. The summed E-state index contributed by atoms with van der Waals surface area (Å²) in [6.07, 6.45) is -7.24. The first-order valence-corrected chi connectivity index (χ1v) is 7.41. The number of hydrogen-bond donors (Lipinski definition) is 2. The van der Waals surface area contributed by atoms with E-state index in [1.54, 1.807) is 20.8 Å². The fourth-order valence-electron chi connectivity index (χ4n) is 2.25. The van der Waals surface area contributed by atoms with Crippen molar-refractivity contribution < 1.29 is 32.6 Å². The predicted molar refractivity (Wildman–Crippen MR) is 75.7 cm³/mol. The highest BCUT2D eigenvalue weighted by Crippen LogP contribution is 2.22. The summed E-state index contributed by atoms with van der Waals surface area (Å²) in [7, 11) is 0. The van der Waals surface area contributed by atoms with E-state index in [9.17, 15) is 27.9 Å². The van der Waals surface area contributed by atoms with Crippen molar-refractivity contribution in [1.29, 1.82) is 0 Å². The van der Waals surface area contributed by atoms with Gasteiger partial charge in [-0.2, -0.15) is 13.2 Å². The van der Waals surface area contributed by atoms with E-state index in [4.69, 9.17) is 4.74 Å². The highest BCUT2D eigenvalue weighted by atomic mass is 19.4. The molecule has 1 heterocycles. The lowest BCUT2D eigenvalue weighted by Crippen LogP contribution is -2.49. The number of ether oxygens (including phenoxy) is 1. The Morgan fingerprint density at radius 3 is 2.48 bits per heavy atom. The molecule has 0 radical (unpaired) electrons. The van der Waals surface area contributed by atoms with Crippen LogP contribution in [-0.4, -0.2) is 59.0 Å². The number of aliphatic hydroxyl groups excluding tert-OH is 1. The van der Waals surface area contributed by atoms with E-state index in [-0.39, 0.29) is 0 Å². The van der Waals surface area contributed by atoms with Gasteiger partial charge in [-0.1, -0.05) is 0 Å². The number of carbonyl (C=O) groups is 2. The summed E-state index contributed by atoms with van der Waals surface area (Å²) >= 11 is 0. The first-order valence-electron chi connectivity index (χ1n) is 7.41. The molecule has 0 aliphatic carbocycles. The third-order valence-electron chi connectivity index (χ3n) is 3.16. The molecule has 1 rings (SSSR count). The van der Waals surface area contributed by atoms with E-state index in [1.165, 1.54) is 4.90 Å². The molecule has 1 fully saturated rings. The summed E-state index contributed by atoms with van der Waals surface area (Å²) in [5, 5.41) is 11.5. The zero-order chi connectivity index (χ0) is 17.8. The van der Waals surface area contributed by atoms with Gasteiger partial charge in [0.05, 0.1) is 12.5 Å². The summed E-state index contributed by atoms with van der Waals surface area (Å²) in [6, 6.07) is -0.789. The summed E-state index contributed by atoms with van der Waals surface area (Å²) in [5.41, 5.74) is -0.705. The number of hydrogen-bond acceptors (Lipinski definition) is 4. The van der Waals surface area contributed by atoms with Gasteiger partial charge in [0.2, 0.25) is 5.91 Å². The maximum Gasteiger partial charge on any atom is 0.410 e. The third kappa shape index (κ3) is 7.06. The van der Waals surface area contributed by atoms with Gasteiger partial charge >= 0.3 is 12.3 Å². The average molecular weight is 340 g/mol. The standard InChI is InChI=1S/C14H23F3N2O4/c1-13(2,3)23-12(22)19-6-4-5-10(19)11(21)18-8-9(20)7-14(15,16)17/h9-10,20H,4-8H2,1-3H3,(H,18,21)/t9?,10-/m0/s1. The lowest BCUT2D eigenvalue weighted by atomic mass is 10.2. The molecule has 2 amide bonds. The molecule has 23 heavy (non-hydrogen) atoms. The number of aliphatic hydroxyl groups is 1. The number of nitrogens with one attached hydrogen (secondary N) is 1. The van der Waals surface area contributed by atoms with E-state index in [1.807, 2.05) is 0 Å². The molecule has 134 valence electrons. The van der Waals surface area contributed by atoms with Crippen LogP contribution >= 0.6 is 0 Å². The number of halogens is 3. The van der Waals surface area contributed by atoms with Crippen molar-refractivity contribution in [3.8, 4) is 0 Å². The fourth-order valence-corrected chi connectivity index (χ4v) is 2.25. The maximum absolute atomic E-state index is 12.1. The molecule has 0 aromatic carbocycles. The largest absolute Gasteiger partial charge is 0.444 e. The van der Waals surface area contributed by atoms with Crippen molar-refractivity contribution in [2.75, 3.05) is 13.1 Å². The Balaban J connectivity index is 2.53. The van der Waals surface area contributed by atoms with Crippen LogP contribution in [0.25, 0.3) is 0 Å². The minimum atomic E-state index is -4.50. The molecular weight excluding hydrogens is 317 g/mol. The number of alkyl halides is 3. The molecule has 6 nitrogen and oxygen atoms in total. The van der Waals surface area contributed by atoms with Gasteiger partial charge < -0.3 is 15.2 Å². The molecule has 0 bridgehead atoms. The van der Waals surface area contributed by atoms with E-state index < -0.39 is 48.9 Å². The Kier molecular flexibility index (Phi) is 6.26. The van der Waals surface area contributed by atoms with Crippen LogP contribution in [0.4, 0.5) is 18.0 Å². The fraction of sp³-hybridized carbons (Fsp3) is 0.857. The van der Waals surface area contributed by atoms with E-state index in [0.29, 0.717) is 19.4 Å². The van der Waals surface area contributed by atoms with Crippen LogP contribution in [0.2, 0.25) is 0 Å². The molecule has 9 heteroatoms.